The van der Waals surface area contributed by atoms with E-state index in [1.54, 1.807) is 45.2 Å². The van der Waals surface area contributed by atoms with Crippen molar-refractivity contribution >= 4 is 11.8 Å². The number of hydrogen-bond donors (Lipinski definition) is 2. The second-order valence-electron chi connectivity index (χ2n) is 8.80. The van der Waals surface area contributed by atoms with E-state index in [1.807, 2.05) is 31.2 Å². The summed E-state index contributed by atoms with van der Waals surface area (Å²) in [5.41, 5.74) is 4.27. The molecule has 0 fully saturated rings. The number of dihydropyridines is 1. The molecule has 0 radical (unpaired) electrons. The molecule has 0 saturated carbocycles. The van der Waals surface area contributed by atoms with Crippen LogP contribution in [0, 0.1) is 0 Å². The second kappa shape index (κ2) is 9.14. The number of allylic oxidation sites excluding steroid dienone is 3. The Bertz CT molecular complexity index is 1140. The highest BCUT2D eigenvalue weighted by atomic mass is 16.5. The number of benzene rings is 2. The fourth-order valence-corrected chi connectivity index (χ4v) is 4.81. The summed E-state index contributed by atoms with van der Waals surface area (Å²) in [6.07, 6.45) is 0.659. The first-order chi connectivity index (χ1) is 15.8. The van der Waals surface area contributed by atoms with Crippen LogP contribution in [0.25, 0.3) is 0 Å². The van der Waals surface area contributed by atoms with Gasteiger partial charge >= 0.3 is 5.97 Å². The summed E-state index contributed by atoms with van der Waals surface area (Å²) >= 11 is 0. The van der Waals surface area contributed by atoms with Crippen LogP contribution in [0.1, 0.15) is 56.6 Å². The summed E-state index contributed by atoms with van der Waals surface area (Å²) in [5, 5.41) is 13.1. The minimum atomic E-state index is -0.556. The second-order valence-corrected chi connectivity index (χ2v) is 8.80. The molecule has 2 N–H and O–H groups in total. The molecule has 33 heavy (non-hydrogen) atoms. The van der Waals surface area contributed by atoms with Gasteiger partial charge in [0.15, 0.2) is 5.78 Å². The van der Waals surface area contributed by atoms with Crippen molar-refractivity contribution in [1.82, 2.24) is 5.32 Å². The molecule has 0 bridgehead atoms. The molecule has 0 amide bonds. The van der Waals surface area contributed by atoms with Crippen LogP contribution in [0.5, 0.6) is 11.5 Å². The smallest absolute Gasteiger partial charge is 0.337 e. The Balaban J connectivity index is 1.80. The Kier molecular flexibility index (Phi) is 6.27. The van der Waals surface area contributed by atoms with Gasteiger partial charge in [-0.15, -0.1) is 0 Å². The van der Waals surface area contributed by atoms with Gasteiger partial charge in [-0.25, -0.2) is 4.79 Å². The Morgan fingerprint density at radius 3 is 2.45 bits per heavy atom. The Morgan fingerprint density at radius 1 is 1.09 bits per heavy atom. The fraction of sp³-hybridized carbons (Fsp3) is 0.333. The molecule has 2 aromatic rings. The normalized spacial score (nSPS) is 20.5. The number of ketones is 1. The number of Topliss-reactive ketones (excluding diaryl/α,β-unsaturated/α-hetero) is 1. The van der Waals surface area contributed by atoms with E-state index < -0.39 is 11.9 Å². The van der Waals surface area contributed by atoms with Crippen molar-refractivity contribution < 1.29 is 24.2 Å². The van der Waals surface area contributed by atoms with Crippen LogP contribution in [0.3, 0.4) is 0 Å². The molecule has 6 nitrogen and oxygen atoms in total. The average Bonchev–Trinajstić information content (AvgIpc) is 2.78. The van der Waals surface area contributed by atoms with Gasteiger partial charge in [0.1, 0.15) is 11.5 Å². The largest absolute Gasteiger partial charge is 0.508 e. The first-order valence-electron chi connectivity index (χ1n) is 11.2. The highest BCUT2D eigenvalue weighted by molar-refractivity contribution is 6.04. The lowest BCUT2D eigenvalue weighted by Gasteiger charge is -2.37. The number of phenolic OH excluding ortho intramolecular Hbond substituents is 1. The van der Waals surface area contributed by atoms with Crippen molar-refractivity contribution in [2.24, 2.45) is 0 Å². The number of nitrogens with one attached hydrogen (secondary N) is 1. The zero-order valence-electron chi connectivity index (χ0n) is 19.3. The van der Waals surface area contributed by atoms with E-state index in [0.29, 0.717) is 29.7 Å². The number of aromatic hydroxyl groups is 1. The fourth-order valence-electron chi connectivity index (χ4n) is 4.81. The van der Waals surface area contributed by atoms with Crippen molar-refractivity contribution in [2.75, 3.05) is 7.11 Å². The first kappa shape index (κ1) is 22.6. The Morgan fingerprint density at radius 2 is 1.79 bits per heavy atom. The van der Waals surface area contributed by atoms with Gasteiger partial charge < -0.3 is 19.9 Å². The van der Waals surface area contributed by atoms with Gasteiger partial charge in [-0.2, -0.15) is 0 Å². The number of phenols is 1. The standard InChI is InChI=1S/C27H29NO5/c1-15(2)33-27(31)24-16(3)28-21-13-18(20-7-5-6-8-23(20)32-4)14-22(30)26(21)25(24)17-9-11-19(29)12-10-17/h5-12,15,18,25,28-29H,13-14H2,1-4H3/t18-,25+/m1/s1. The minimum absolute atomic E-state index is 0.0138. The number of ether oxygens (including phenoxy) is 2. The molecule has 0 unspecified atom stereocenters. The molecule has 0 spiro atoms. The third-order valence-electron chi connectivity index (χ3n) is 6.20. The van der Waals surface area contributed by atoms with Gasteiger partial charge in [-0.05, 0) is 56.5 Å². The maximum Gasteiger partial charge on any atom is 0.337 e. The van der Waals surface area contributed by atoms with E-state index in [4.69, 9.17) is 9.47 Å². The van der Waals surface area contributed by atoms with E-state index in [2.05, 4.69) is 5.32 Å². The average molecular weight is 448 g/mol. The number of carbonyl (C=O) groups excluding carboxylic acids is 2. The van der Waals surface area contributed by atoms with Crippen LogP contribution < -0.4 is 10.1 Å². The van der Waals surface area contributed by atoms with Crippen molar-refractivity contribution in [3.05, 3.63) is 82.2 Å². The van der Waals surface area contributed by atoms with Crippen LogP contribution in [-0.4, -0.2) is 30.1 Å². The van der Waals surface area contributed by atoms with Gasteiger partial charge in [0, 0.05) is 35.2 Å². The Hall–Kier alpha value is -3.54. The lowest BCUT2D eigenvalue weighted by Crippen LogP contribution is -2.36. The summed E-state index contributed by atoms with van der Waals surface area (Å²) in [4.78, 5) is 26.7. The number of esters is 1. The number of hydrogen-bond acceptors (Lipinski definition) is 6. The number of carbonyl (C=O) groups is 2. The van der Waals surface area contributed by atoms with Crippen LogP contribution in [-0.2, 0) is 14.3 Å². The molecule has 2 aromatic carbocycles. The SMILES string of the molecule is COc1ccccc1[C@H]1CC(=O)C2=C(C1)NC(C)=C(C(=O)OC(C)C)[C@@H]2c1ccc(O)cc1. The predicted octanol–water partition coefficient (Wildman–Crippen LogP) is 4.71. The molecule has 172 valence electrons. The maximum atomic E-state index is 13.6. The summed E-state index contributed by atoms with van der Waals surface area (Å²) in [6, 6.07) is 14.4. The number of rotatable bonds is 5. The molecule has 4 rings (SSSR count). The molecule has 6 heteroatoms. The highest BCUT2D eigenvalue weighted by Crippen LogP contribution is 2.47. The van der Waals surface area contributed by atoms with Crippen LogP contribution in [0.2, 0.25) is 0 Å². The summed E-state index contributed by atoms with van der Waals surface area (Å²) in [7, 11) is 1.63. The molecule has 1 aliphatic carbocycles. The van der Waals surface area contributed by atoms with Crippen LogP contribution in [0.15, 0.2) is 71.1 Å². The van der Waals surface area contributed by atoms with Gasteiger partial charge in [-0.1, -0.05) is 30.3 Å². The van der Waals surface area contributed by atoms with Crippen molar-refractivity contribution in [1.29, 1.82) is 0 Å². The molecular formula is C27H29NO5. The molecule has 2 atom stereocenters. The molecule has 1 heterocycles. The quantitative estimate of drug-likeness (QED) is 0.646. The third-order valence-corrected chi connectivity index (χ3v) is 6.20. The predicted molar refractivity (Wildman–Crippen MR) is 125 cm³/mol. The number of para-hydroxylation sites is 1. The molecule has 0 saturated heterocycles. The van der Waals surface area contributed by atoms with Gasteiger partial charge in [0.25, 0.3) is 0 Å². The van der Waals surface area contributed by atoms with E-state index in [1.165, 1.54) is 0 Å². The first-order valence-corrected chi connectivity index (χ1v) is 11.2. The summed E-state index contributed by atoms with van der Waals surface area (Å²) < 4.78 is 11.1. The lowest BCUT2D eigenvalue weighted by atomic mass is 9.71. The van der Waals surface area contributed by atoms with E-state index in [0.717, 1.165) is 22.6 Å². The van der Waals surface area contributed by atoms with Crippen molar-refractivity contribution in [2.45, 2.75) is 51.6 Å². The van der Waals surface area contributed by atoms with E-state index in [9.17, 15) is 14.7 Å². The lowest BCUT2D eigenvalue weighted by molar-refractivity contribution is -0.143. The monoisotopic (exact) mass is 447 g/mol. The van der Waals surface area contributed by atoms with Crippen molar-refractivity contribution in [3.8, 4) is 11.5 Å². The van der Waals surface area contributed by atoms with E-state index in [-0.39, 0.29) is 23.6 Å². The molecule has 0 aromatic heterocycles. The van der Waals surface area contributed by atoms with Crippen molar-refractivity contribution in [3.63, 3.8) is 0 Å². The third kappa shape index (κ3) is 4.38. The zero-order chi connectivity index (χ0) is 23.7. The maximum absolute atomic E-state index is 13.6. The van der Waals surface area contributed by atoms with Crippen LogP contribution >= 0.6 is 0 Å². The number of methoxy groups -OCH3 is 1. The molecular weight excluding hydrogens is 418 g/mol. The zero-order valence-corrected chi connectivity index (χ0v) is 19.3. The van der Waals surface area contributed by atoms with E-state index >= 15 is 0 Å². The molecule has 2 aliphatic rings. The van der Waals surface area contributed by atoms with Gasteiger partial charge in [0.2, 0.25) is 0 Å². The summed E-state index contributed by atoms with van der Waals surface area (Å²) in [5.74, 6) is -0.158. The van der Waals surface area contributed by atoms with Crippen LogP contribution in [0.4, 0.5) is 0 Å². The minimum Gasteiger partial charge on any atom is -0.508 e. The summed E-state index contributed by atoms with van der Waals surface area (Å²) in [6.45, 7) is 5.44. The highest BCUT2D eigenvalue weighted by Gasteiger charge is 2.42. The van der Waals surface area contributed by atoms with Gasteiger partial charge in [-0.3, -0.25) is 4.79 Å². The molecule has 1 aliphatic heterocycles. The topological polar surface area (TPSA) is 84.9 Å². The Labute approximate surface area is 193 Å². The van der Waals surface area contributed by atoms with Gasteiger partial charge in [0.05, 0.1) is 18.8 Å².